The molecular weight excluding hydrogens is 280 g/mol. The minimum absolute atomic E-state index is 0.0588. The van der Waals surface area contributed by atoms with Gasteiger partial charge in [-0.15, -0.1) is 0 Å². The number of carbonyl (C=O) groups is 2. The van der Waals surface area contributed by atoms with Crippen molar-refractivity contribution in [2.24, 2.45) is 11.1 Å². The molecule has 6 heteroatoms. The Morgan fingerprint density at radius 1 is 1.25 bits per heavy atom. The smallest absolute Gasteiger partial charge is 0.337 e. The molecular formula is C14H19ClN2O3. The predicted molar refractivity (Wildman–Crippen MR) is 79.1 cm³/mol. The van der Waals surface area contributed by atoms with Crippen LogP contribution < -0.4 is 11.1 Å². The molecule has 1 amide bonds. The number of aromatic carboxylic acids is 1. The maximum Gasteiger partial charge on any atom is 0.337 e. The molecule has 0 fully saturated rings. The first kappa shape index (κ1) is 16.5. The summed E-state index contributed by atoms with van der Waals surface area (Å²) in [6.45, 7) is 6.90. The van der Waals surface area contributed by atoms with Crippen molar-refractivity contribution < 1.29 is 14.7 Å². The number of carboxylic acid groups (broad SMARTS) is 1. The Labute approximate surface area is 123 Å². The van der Waals surface area contributed by atoms with E-state index in [0.29, 0.717) is 5.02 Å². The van der Waals surface area contributed by atoms with Crippen LogP contribution in [0, 0.1) is 5.41 Å². The van der Waals surface area contributed by atoms with Crippen LogP contribution in [0.15, 0.2) is 18.2 Å². The second-order valence-electron chi connectivity index (χ2n) is 5.80. The molecule has 0 bridgehead atoms. The van der Waals surface area contributed by atoms with Crippen molar-refractivity contribution in [2.45, 2.75) is 33.2 Å². The molecule has 0 aromatic heterocycles. The fraction of sp³-hybridized carbons (Fsp3) is 0.429. The lowest BCUT2D eigenvalue weighted by Crippen LogP contribution is -2.53. The molecule has 1 aromatic rings. The highest BCUT2D eigenvalue weighted by Gasteiger charge is 2.40. The molecule has 0 aliphatic carbocycles. The Kier molecular flexibility index (Phi) is 4.46. The number of anilines is 1. The highest BCUT2D eigenvalue weighted by Crippen LogP contribution is 2.31. The van der Waals surface area contributed by atoms with Gasteiger partial charge in [0, 0.05) is 10.6 Å². The summed E-state index contributed by atoms with van der Waals surface area (Å²) in [4.78, 5) is 23.5. The summed E-state index contributed by atoms with van der Waals surface area (Å²) in [5.41, 5.74) is 4.50. The number of nitrogens with two attached hydrogens (primary N) is 1. The molecule has 0 aliphatic heterocycles. The average molecular weight is 299 g/mol. The van der Waals surface area contributed by atoms with E-state index in [4.69, 9.17) is 22.4 Å². The maximum absolute atomic E-state index is 12.3. The molecule has 0 atom stereocenters. The summed E-state index contributed by atoms with van der Waals surface area (Å²) in [6.07, 6.45) is 0. The SMILES string of the molecule is CC(C)(N)C(C)(C)C(=O)Nc1ccc(Cl)cc1C(=O)O. The van der Waals surface area contributed by atoms with E-state index in [9.17, 15) is 9.59 Å². The first-order chi connectivity index (χ1) is 8.96. The average Bonchev–Trinajstić information content (AvgIpc) is 2.29. The topological polar surface area (TPSA) is 92.4 Å². The van der Waals surface area contributed by atoms with Crippen molar-refractivity contribution in [1.82, 2.24) is 0 Å². The fourth-order valence-electron chi connectivity index (χ4n) is 1.37. The summed E-state index contributed by atoms with van der Waals surface area (Å²) in [6, 6.07) is 4.27. The number of amides is 1. The van der Waals surface area contributed by atoms with E-state index >= 15 is 0 Å². The Balaban J connectivity index is 3.12. The number of rotatable bonds is 4. The first-order valence-electron chi connectivity index (χ1n) is 6.10. The summed E-state index contributed by atoms with van der Waals surface area (Å²) in [5.74, 6) is -1.51. The van der Waals surface area contributed by atoms with Crippen LogP contribution >= 0.6 is 11.6 Å². The highest BCUT2D eigenvalue weighted by molar-refractivity contribution is 6.31. The lowest BCUT2D eigenvalue weighted by molar-refractivity contribution is -0.126. The van der Waals surface area contributed by atoms with Crippen molar-refractivity contribution in [3.05, 3.63) is 28.8 Å². The fourth-order valence-corrected chi connectivity index (χ4v) is 1.55. The lowest BCUT2D eigenvalue weighted by atomic mass is 9.74. The van der Waals surface area contributed by atoms with Crippen LogP contribution in [0.3, 0.4) is 0 Å². The van der Waals surface area contributed by atoms with Gasteiger partial charge in [0.2, 0.25) is 5.91 Å². The van der Waals surface area contributed by atoms with Crippen LogP contribution in [0.4, 0.5) is 5.69 Å². The number of nitrogens with one attached hydrogen (secondary N) is 1. The minimum atomic E-state index is -1.16. The van der Waals surface area contributed by atoms with Gasteiger partial charge in [0.25, 0.3) is 0 Å². The molecule has 1 rings (SSSR count). The Hall–Kier alpha value is -1.59. The molecule has 0 unspecified atom stereocenters. The number of carboxylic acids is 1. The molecule has 0 spiro atoms. The van der Waals surface area contributed by atoms with Crippen molar-refractivity contribution in [3.63, 3.8) is 0 Å². The van der Waals surface area contributed by atoms with Crippen LogP contribution in [0.1, 0.15) is 38.1 Å². The van der Waals surface area contributed by atoms with Gasteiger partial charge in [0.15, 0.2) is 0 Å². The van der Waals surface area contributed by atoms with Crippen LogP contribution in [-0.2, 0) is 4.79 Å². The van der Waals surface area contributed by atoms with Gasteiger partial charge in [-0.05, 0) is 45.9 Å². The summed E-state index contributed by atoms with van der Waals surface area (Å²) >= 11 is 5.76. The molecule has 4 N–H and O–H groups in total. The van der Waals surface area contributed by atoms with E-state index < -0.39 is 16.9 Å². The van der Waals surface area contributed by atoms with E-state index in [2.05, 4.69) is 5.32 Å². The van der Waals surface area contributed by atoms with Crippen molar-refractivity contribution >= 4 is 29.2 Å². The van der Waals surface area contributed by atoms with E-state index in [1.165, 1.54) is 18.2 Å². The third-order valence-electron chi connectivity index (χ3n) is 3.64. The Bertz CT molecular complexity index is 548. The van der Waals surface area contributed by atoms with Gasteiger partial charge in [0.05, 0.1) is 16.7 Å². The Morgan fingerprint density at radius 2 is 1.80 bits per heavy atom. The maximum atomic E-state index is 12.3. The van der Waals surface area contributed by atoms with Gasteiger partial charge in [0.1, 0.15) is 0 Å². The van der Waals surface area contributed by atoms with Gasteiger partial charge in [-0.1, -0.05) is 11.6 Å². The second-order valence-corrected chi connectivity index (χ2v) is 6.23. The van der Waals surface area contributed by atoms with E-state index in [1.54, 1.807) is 27.7 Å². The monoisotopic (exact) mass is 298 g/mol. The Morgan fingerprint density at radius 3 is 2.25 bits per heavy atom. The standard InChI is InChI=1S/C14H19ClN2O3/c1-13(2,14(3,4)16)12(20)17-10-6-5-8(15)7-9(10)11(18)19/h5-7H,16H2,1-4H3,(H,17,20)(H,18,19). The third-order valence-corrected chi connectivity index (χ3v) is 3.87. The molecule has 0 heterocycles. The second kappa shape index (κ2) is 5.42. The van der Waals surface area contributed by atoms with Crippen LogP contribution in [0.2, 0.25) is 5.02 Å². The molecule has 110 valence electrons. The van der Waals surface area contributed by atoms with E-state index in [1.807, 2.05) is 0 Å². The predicted octanol–water partition coefficient (Wildman–Crippen LogP) is 2.74. The molecule has 5 nitrogen and oxygen atoms in total. The normalized spacial score (nSPS) is 12.1. The molecule has 0 aliphatic rings. The lowest BCUT2D eigenvalue weighted by Gasteiger charge is -2.37. The van der Waals surface area contributed by atoms with Crippen molar-refractivity contribution in [1.29, 1.82) is 0 Å². The van der Waals surface area contributed by atoms with Gasteiger partial charge < -0.3 is 16.2 Å². The zero-order chi connectivity index (χ0) is 15.7. The number of carbonyl (C=O) groups excluding carboxylic acids is 1. The van der Waals surface area contributed by atoms with Gasteiger partial charge in [-0.2, -0.15) is 0 Å². The third kappa shape index (κ3) is 3.29. The molecule has 0 radical (unpaired) electrons. The molecule has 0 saturated heterocycles. The zero-order valence-electron chi connectivity index (χ0n) is 12.0. The van der Waals surface area contributed by atoms with Crippen LogP contribution in [0.25, 0.3) is 0 Å². The van der Waals surface area contributed by atoms with Gasteiger partial charge in [-0.3, -0.25) is 4.79 Å². The molecule has 0 saturated carbocycles. The van der Waals surface area contributed by atoms with E-state index in [0.717, 1.165) is 0 Å². The van der Waals surface area contributed by atoms with E-state index in [-0.39, 0.29) is 17.2 Å². The summed E-state index contributed by atoms with van der Waals surface area (Å²) in [5, 5.41) is 12.0. The van der Waals surface area contributed by atoms with Gasteiger partial charge in [-0.25, -0.2) is 4.79 Å². The highest BCUT2D eigenvalue weighted by atomic mass is 35.5. The minimum Gasteiger partial charge on any atom is -0.478 e. The largest absolute Gasteiger partial charge is 0.478 e. The molecule has 20 heavy (non-hydrogen) atoms. The summed E-state index contributed by atoms with van der Waals surface area (Å²) in [7, 11) is 0. The summed E-state index contributed by atoms with van der Waals surface area (Å²) < 4.78 is 0. The van der Waals surface area contributed by atoms with Crippen LogP contribution in [-0.4, -0.2) is 22.5 Å². The number of halogens is 1. The zero-order valence-corrected chi connectivity index (χ0v) is 12.7. The number of hydrogen-bond donors (Lipinski definition) is 3. The number of benzene rings is 1. The quantitative estimate of drug-likeness (QED) is 0.797. The number of hydrogen-bond acceptors (Lipinski definition) is 3. The van der Waals surface area contributed by atoms with Gasteiger partial charge >= 0.3 is 5.97 Å². The van der Waals surface area contributed by atoms with Crippen molar-refractivity contribution in [2.75, 3.05) is 5.32 Å². The van der Waals surface area contributed by atoms with Crippen molar-refractivity contribution in [3.8, 4) is 0 Å². The van der Waals surface area contributed by atoms with Crippen LogP contribution in [0.5, 0.6) is 0 Å². The first-order valence-corrected chi connectivity index (χ1v) is 6.48. The molecule has 1 aromatic carbocycles.